The molecule has 6 atom stereocenters. The number of aromatic nitrogens is 2. The molecule has 5 aliphatic rings. The van der Waals surface area contributed by atoms with E-state index in [1.165, 1.54) is 66.0 Å². The summed E-state index contributed by atoms with van der Waals surface area (Å²) in [5, 5.41) is 15.7. The molecule has 220 valence electrons. The Morgan fingerprint density at radius 2 is 1.74 bits per heavy atom. The third kappa shape index (κ3) is 4.11. The van der Waals surface area contributed by atoms with Crippen LogP contribution >= 0.6 is 0 Å². The fourth-order valence-corrected chi connectivity index (χ4v) is 9.93. The van der Waals surface area contributed by atoms with Crippen molar-refractivity contribution < 1.29 is 5.11 Å². The van der Waals surface area contributed by atoms with Gasteiger partial charge in [0.1, 0.15) is 0 Å². The molecule has 2 saturated heterocycles. The Bertz CT molecular complexity index is 1580. The van der Waals surface area contributed by atoms with E-state index < -0.39 is 5.60 Å². The number of fused-ring (bicyclic) bond motifs is 5. The maximum Gasteiger partial charge on any atom is 0.0998 e. The van der Waals surface area contributed by atoms with Crippen LogP contribution in [0.15, 0.2) is 66.9 Å². The molecule has 2 aromatic heterocycles. The Morgan fingerprint density at radius 3 is 2.67 bits per heavy atom. The van der Waals surface area contributed by atoms with Gasteiger partial charge in [-0.25, -0.2) is 0 Å². The van der Waals surface area contributed by atoms with Gasteiger partial charge in [0.2, 0.25) is 0 Å². The summed E-state index contributed by atoms with van der Waals surface area (Å²) in [7, 11) is 2.19. The molecule has 2 unspecified atom stereocenters. The summed E-state index contributed by atoms with van der Waals surface area (Å²) in [5.74, 6) is 0.387. The summed E-state index contributed by atoms with van der Waals surface area (Å²) < 4.78 is 2.35. The van der Waals surface area contributed by atoms with Crippen LogP contribution in [0.2, 0.25) is 0 Å². The minimum atomic E-state index is -0.899. The van der Waals surface area contributed by atoms with E-state index in [2.05, 4.69) is 82.1 Å². The molecular formula is C37H46N4O. The number of hydrogen-bond donors (Lipinski definition) is 1. The fourth-order valence-electron chi connectivity index (χ4n) is 9.93. The van der Waals surface area contributed by atoms with E-state index in [-0.39, 0.29) is 11.5 Å². The minimum absolute atomic E-state index is 0.00261. The number of para-hydroxylation sites is 1. The van der Waals surface area contributed by atoms with Gasteiger partial charge < -0.3 is 14.6 Å². The Kier molecular flexibility index (Phi) is 6.69. The number of hydrogen-bond acceptors (Lipinski definition) is 4. The summed E-state index contributed by atoms with van der Waals surface area (Å²) in [5.41, 5.74) is 3.96. The zero-order valence-corrected chi connectivity index (χ0v) is 25.2. The lowest BCUT2D eigenvalue weighted by atomic mass is 9.54. The average molecular weight is 563 g/mol. The average Bonchev–Trinajstić information content (AvgIpc) is 3.45. The van der Waals surface area contributed by atoms with Gasteiger partial charge in [0.15, 0.2) is 0 Å². The Balaban J connectivity index is 1.36. The molecule has 3 bridgehead atoms. The van der Waals surface area contributed by atoms with E-state index in [9.17, 15) is 5.11 Å². The maximum atomic E-state index is 13.1. The molecule has 1 N–H and O–H groups in total. The minimum Gasteiger partial charge on any atom is -0.384 e. The Hall–Kier alpha value is -2.73. The Morgan fingerprint density at radius 1 is 0.905 bits per heavy atom. The van der Waals surface area contributed by atoms with Crippen molar-refractivity contribution in [3.05, 3.63) is 72.6 Å². The third-order valence-electron chi connectivity index (χ3n) is 11.5. The molecular weight excluding hydrogens is 516 g/mol. The van der Waals surface area contributed by atoms with Crippen molar-refractivity contribution in [3.8, 4) is 0 Å². The second kappa shape index (κ2) is 10.5. The topological polar surface area (TPSA) is 44.5 Å². The van der Waals surface area contributed by atoms with Gasteiger partial charge in [-0.3, -0.25) is 9.88 Å². The molecule has 0 radical (unpaired) electrons. The number of aryl methyl sites for hydroxylation is 1. The quantitative estimate of drug-likeness (QED) is 0.329. The lowest BCUT2D eigenvalue weighted by molar-refractivity contribution is -0.0894. The maximum absolute atomic E-state index is 13.1. The van der Waals surface area contributed by atoms with Gasteiger partial charge in [0.25, 0.3) is 0 Å². The van der Waals surface area contributed by atoms with Crippen molar-refractivity contribution in [1.29, 1.82) is 0 Å². The molecule has 0 saturated carbocycles. The lowest BCUT2D eigenvalue weighted by Gasteiger charge is -2.58. The van der Waals surface area contributed by atoms with Crippen LogP contribution in [0.3, 0.4) is 0 Å². The van der Waals surface area contributed by atoms with Gasteiger partial charge >= 0.3 is 0 Å². The largest absolute Gasteiger partial charge is 0.384 e. The van der Waals surface area contributed by atoms with Crippen LogP contribution in [0.25, 0.3) is 27.4 Å². The van der Waals surface area contributed by atoms with E-state index >= 15 is 0 Å². The third-order valence-corrected chi connectivity index (χ3v) is 11.5. The first-order valence-electron chi connectivity index (χ1n) is 16.7. The molecule has 8 rings (SSSR count). The number of aliphatic hydroxyl groups is 1. The van der Waals surface area contributed by atoms with Crippen LogP contribution in [-0.4, -0.2) is 68.3 Å². The van der Waals surface area contributed by atoms with Crippen molar-refractivity contribution >= 4 is 27.4 Å². The zero-order chi connectivity index (χ0) is 28.3. The molecule has 1 aliphatic carbocycles. The van der Waals surface area contributed by atoms with E-state index in [0.717, 1.165) is 57.4 Å². The molecule has 42 heavy (non-hydrogen) atoms. The monoisotopic (exact) mass is 562 g/mol. The number of rotatable bonds is 1. The van der Waals surface area contributed by atoms with Crippen LogP contribution in [0.5, 0.6) is 0 Å². The molecule has 1 aromatic carbocycles. The summed E-state index contributed by atoms with van der Waals surface area (Å²) >= 11 is 0. The molecule has 2 fully saturated rings. The Labute approximate surface area is 250 Å². The first kappa shape index (κ1) is 26.9. The molecule has 0 amide bonds. The van der Waals surface area contributed by atoms with Crippen LogP contribution in [0.4, 0.5) is 0 Å². The lowest BCUT2D eigenvalue weighted by Crippen LogP contribution is -2.65. The van der Waals surface area contributed by atoms with Crippen LogP contribution in [-0.2, 0) is 7.05 Å². The van der Waals surface area contributed by atoms with Gasteiger partial charge in [0.05, 0.1) is 22.9 Å². The van der Waals surface area contributed by atoms with Crippen LogP contribution < -0.4 is 0 Å². The highest BCUT2D eigenvalue weighted by Crippen LogP contribution is 2.61. The number of piperidine rings is 1. The SMILES string of the molecule is Cn1c2ccccc2c2ccnc(C3=C[C@@]4(O)CC/C=C\CCCCN5CCC3[C@]3(C[C@@H]6/C=C\CCCCN6[C@H]34)C5)c21. The van der Waals surface area contributed by atoms with Crippen molar-refractivity contribution in [2.45, 2.75) is 81.9 Å². The molecule has 3 aromatic rings. The van der Waals surface area contributed by atoms with Gasteiger partial charge in [0, 0.05) is 47.5 Å². The highest BCUT2D eigenvalue weighted by Gasteiger charge is 2.65. The smallest absolute Gasteiger partial charge is 0.0998 e. The predicted molar refractivity (Wildman–Crippen MR) is 172 cm³/mol. The number of nitrogens with zero attached hydrogens (tertiary/aromatic N) is 4. The first-order chi connectivity index (χ1) is 20.6. The zero-order valence-electron chi connectivity index (χ0n) is 25.2. The van der Waals surface area contributed by atoms with Gasteiger partial charge in [-0.1, -0.05) is 42.5 Å². The normalized spacial score (nSPS) is 37.0. The van der Waals surface area contributed by atoms with Crippen molar-refractivity contribution in [3.63, 3.8) is 0 Å². The van der Waals surface area contributed by atoms with E-state index in [1.807, 2.05) is 6.20 Å². The highest BCUT2D eigenvalue weighted by molar-refractivity contribution is 6.10. The molecule has 4 aliphatic heterocycles. The second-order valence-corrected chi connectivity index (χ2v) is 13.9. The van der Waals surface area contributed by atoms with Crippen molar-refractivity contribution in [2.75, 3.05) is 26.2 Å². The fraction of sp³-hybridized carbons (Fsp3) is 0.541. The van der Waals surface area contributed by atoms with Crippen molar-refractivity contribution in [1.82, 2.24) is 19.4 Å². The first-order valence-corrected chi connectivity index (χ1v) is 16.7. The predicted octanol–water partition coefficient (Wildman–Crippen LogP) is 6.87. The van der Waals surface area contributed by atoms with Gasteiger partial charge in [-0.15, -0.1) is 0 Å². The van der Waals surface area contributed by atoms with Crippen molar-refractivity contribution in [2.24, 2.45) is 18.4 Å². The molecule has 5 heteroatoms. The highest BCUT2D eigenvalue weighted by atomic mass is 16.3. The summed E-state index contributed by atoms with van der Waals surface area (Å²) in [6.07, 6.45) is 25.3. The summed E-state index contributed by atoms with van der Waals surface area (Å²) in [4.78, 5) is 10.7. The van der Waals surface area contributed by atoms with E-state index in [4.69, 9.17) is 4.98 Å². The summed E-state index contributed by atoms with van der Waals surface area (Å²) in [6, 6.07) is 11.5. The number of allylic oxidation sites excluding steroid dienone is 4. The molecule has 1 spiro atoms. The second-order valence-electron chi connectivity index (χ2n) is 13.9. The summed E-state index contributed by atoms with van der Waals surface area (Å²) in [6.45, 7) is 4.48. The van der Waals surface area contributed by atoms with Gasteiger partial charge in [-0.05, 0) is 114 Å². The molecule has 6 heterocycles. The standard InChI is InChI=1S/C37H46N4O/c1-39-32-16-10-9-15-28(32)29-17-20-38-33(34(29)39)30-25-37(42)19-11-5-2-3-6-12-21-40-23-18-31(30)36(26-40)24-27-14-8-4-7-13-22-41(27)35(36)37/h2,5,8-10,14-17,20,25,27,31,35,42H,3-4,6-7,11-13,18-19,21-24,26H2,1H3/b5-2-,14-8-/t27-,31?,35+,36-,37-/m0/s1. The van der Waals surface area contributed by atoms with Crippen LogP contribution in [0.1, 0.15) is 69.9 Å². The van der Waals surface area contributed by atoms with E-state index in [0.29, 0.717) is 12.0 Å². The van der Waals surface area contributed by atoms with E-state index in [1.54, 1.807) is 0 Å². The molecule has 5 nitrogen and oxygen atoms in total. The number of benzene rings is 1. The van der Waals surface area contributed by atoms with Gasteiger partial charge in [-0.2, -0.15) is 0 Å². The number of pyridine rings is 1. The van der Waals surface area contributed by atoms with Crippen LogP contribution in [0, 0.1) is 11.3 Å².